The monoisotopic (exact) mass is 574 g/mol. The van der Waals surface area contributed by atoms with Gasteiger partial charge in [-0.05, 0) is 89.0 Å². The van der Waals surface area contributed by atoms with Gasteiger partial charge < -0.3 is 14.8 Å². The first-order valence-corrected chi connectivity index (χ1v) is 13.9. The van der Waals surface area contributed by atoms with Crippen molar-refractivity contribution in [3.8, 4) is 11.1 Å². The minimum absolute atomic E-state index is 0.0548. The summed E-state index contributed by atoms with van der Waals surface area (Å²) in [6, 6.07) is 30.6. The van der Waals surface area contributed by atoms with E-state index in [4.69, 9.17) is 0 Å². The first kappa shape index (κ1) is 27.8. The van der Waals surface area contributed by atoms with Crippen LogP contribution < -0.4 is 5.32 Å². The molecule has 0 fully saturated rings. The molecule has 0 unspecified atom stereocenters. The van der Waals surface area contributed by atoms with E-state index < -0.39 is 29.6 Å². The molecule has 7 heteroatoms. The van der Waals surface area contributed by atoms with Gasteiger partial charge in [-0.1, -0.05) is 61.5 Å². The van der Waals surface area contributed by atoms with Crippen LogP contribution in [0.1, 0.15) is 63.5 Å². The zero-order valence-corrected chi connectivity index (χ0v) is 23.5. The molecule has 0 bridgehead atoms. The maximum Gasteiger partial charge on any atom is 0.335 e. The molecule has 0 aliphatic carbocycles. The highest BCUT2D eigenvalue weighted by Crippen LogP contribution is 2.33. The lowest BCUT2D eigenvalue weighted by atomic mass is 9.95. The fourth-order valence-corrected chi connectivity index (χ4v) is 5.57. The maximum atomic E-state index is 14.9. The number of hydrogen-bond acceptors (Lipinski definition) is 2. The summed E-state index contributed by atoms with van der Waals surface area (Å²) in [6.45, 7) is 3.87. The number of amides is 1. The van der Waals surface area contributed by atoms with E-state index in [0.717, 1.165) is 45.8 Å². The Morgan fingerprint density at radius 2 is 1.49 bits per heavy atom. The van der Waals surface area contributed by atoms with Gasteiger partial charge in [0.2, 0.25) is 0 Å². The molecule has 1 amide bonds. The molecular formula is C36H28F2N2O3. The van der Waals surface area contributed by atoms with Gasteiger partial charge in [-0.25, -0.2) is 13.6 Å². The van der Waals surface area contributed by atoms with Gasteiger partial charge in [-0.3, -0.25) is 4.79 Å². The number of aromatic carboxylic acids is 1. The molecular weight excluding hydrogens is 546 g/mol. The minimum atomic E-state index is -1.03. The van der Waals surface area contributed by atoms with E-state index >= 15 is 0 Å². The van der Waals surface area contributed by atoms with Crippen molar-refractivity contribution in [2.75, 3.05) is 0 Å². The van der Waals surface area contributed by atoms with Crippen LogP contribution in [0.4, 0.5) is 8.78 Å². The number of carboxylic acids is 1. The smallest absolute Gasteiger partial charge is 0.335 e. The molecule has 0 saturated heterocycles. The van der Waals surface area contributed by atoms with E-state index in [1.165, 1.54) is 12.1 Å². The Labute approximate surface area is 247 Å². The van der Waals surface area contributed by atoms with Crippen LogP contribution >= 0.6 is 0 Å². The average Bonchev–Trinajstić information content (AvgIpc) is 3.45. The summed E-state index contributed by atoms with van der Waals surface area (Å²) in [6.07, 6.45) is 0. The molecule has 2 N–H and O–H groups in total. The number of pyridine rings is 1. The number of carbonyl (C=O) groups excluding carboxylic acids is 1. The van der Waals surface area contributed by atoms with Gasteiger partial charge in [0, 0.05) is 22.7 Å². The van der Waals surface area contributed by atoms with Crippen LogP contribution in [0, 0.1) is 11.6 Å². The topological polar surface area (TPSA) is 70.8 Å². The second kappa shape index (κ2) is 11.2. The number of rotatable bonds is 7. The highest BCUT2D eigenvalue weighted by Gasteiger charge is 2.22. The number of carbonyl (C=O) groups is 2. The van der Waals surface area contributed by atoms with Gasteiger partial charge in [0.25, 0.3) is 5.91 Å². The quantitative estimate of drug-likeness (QED) is 0.201. The van der Waals surface area contributed by atoms with E-state index in [-0.39, 0.29) is 22.7 Å². The average molecular weight is 575 g/mol. The lowest BCUT2D eigenvalue weighted by Gasteiger charge is -2.20. The van der Waals surface area contributed by atoms with Crippen molar-refractivity contribution in [3.05, 3.63) is 149 Å². The Morgan fingerprint density at radius 1 is 0.767 bits per heavy atom. The van der Waals surface area contributed by atoms with Crippen molar-refractivity contribution in [1.82, 2.24) is 9.72 Å². The van der Waals surface area contributed by atoms with Crippen molar-refractivity contribution < 1.29 is 23.5 Å². The van der Waals surface area contributed by atoms with E-state index in [1.54, 1.807) is 31.2 Å². The zero-order valence-electron chi connectivity index (χ0n) is 23.5. The van der Waals surface area contributed by atoms with Gasteiger partial charge in [0.1, 0.15) is 17.3 Å². The van der Waals surface area contributed by atoms with Crippen LogP contribution in [0.15, 0.2) is 109 Å². The van der Waals surface area contributed by atoms with Crippen molar-refractivity contribution in [2.45, 2.75) is 25.8 Å². The summed E-state index contributed by atoms with van der Waals surface area (Å²) in [5.74, 6) is -2.73. The molecule has 0 radical (unpaired) electrons. The van der Waals surface area contributed by atoms with Crippen molar-refractivity contribution in [3.63, 3.8) is 0 Å². The van der Waals surface area contributed by atoms with Gasteiger partial charge in [-0.2, -0.15) is 0 Å². The number of halogens is 2. The second-order valence-corrected chi connectivity index (χ2v) is 10.7. The van der Waals surface area contributed by atoms with Crippen LogP contribution in [-0.4, -0.2) is 21.4 Å². The Kier molecular flexibility index (Phi) is 7.24. The van der Waals surface area contributed by atoms with E-state index in [0.29, 0.717) is 11.1 Å². The Balaban J connectivity index is 1.45. The highest BCUT2D eigenvalue weighted by atomic mass is 19.1. The molecule has 6 aromatic rings. The maximum absolute atomic E-state index is 14.9. The molecule has 0 saturated carbocycles. The number of aromatic nitrogens is 1. The first-order chi connectivity index (χ1) is 20.7. The molecule has 0 aliphatic heterocycles. The third kappa shape index (κ3) is 5.37. The predicted octanol–water partition coefficient (Wildman–Crippen LogP) is 8.38. The van der Waals surface area contributed by atoms with E-state index in [9.17, 15) is 23.5 Å². The lowest BCUT2D eigenvalue weighted by molar-refractivity contribution is 0.0696. The summed E-state index contributed by atoms with van der Waals surface area (Å²) in [7, 11) is 0. The SMILES string of the molecule is C[C@H](c1ccc2ccccc2c1)c1ccc2cc(-c3cc(F)ccc3F)cc(C(=O)N[C@@H](C)c3ccc(C(=O)O)cc3)n12. The predicted molar refractivity (Wildman–Crippen MR) is 163 cm³/mol. The molecule has 2 atom stereocenters. The highest BCUT2D eigenvalue weighted by molar-refractivity contribution is 5.96. The third-order valence-corrected chi connectivity index (χ3v) is 7.97. The van der Waals surface area contributed by atoms with E-state index in [2.05, 4.69) is 42.6 Å². The molecule has 214 valence electrons. The molecule has 43 heavy (non-hydrogen) atoms. The zero-order chi connectivity index (χ0) is 30.2. The number of nitrogens with zero attached hydrogens (tertiary/aromatic N) is 1. The third-order valence-electron chi connectivity index (χ3n) is 7.97. The van der Waals surface area contributed by atoms with Crippen LogP contribution in [0.2, 0.25) is 0 Å². The molecule has 5 nitrogen and oxygen atoms in total. The van der Waals surface area contributed by atoms with Crippen LogP contribution in [0.5, 0.6) is 0 Å². The molecule has 0 spiro atoms. The van der Waals surface area contributed by atoms with Crippen molar-refractivity contribution in [2.24, 2.45) is 0 Å². The number of hydrogen-bond donors (Lipinski definition) is 2. The van der Waals surface area contributed by atoms with Crippen LogP contribution in [0.25, 0.3) is 27.4 Å². The molecule has 0 aliphatic rings. The molecule has 4 aromatic carbocycles. The van der Waals surface area contributed by atoms with Crippen molar-refractivity contribution >= 4 is 28.2 Å². The summed E-state index contributed by atoms with van der Waals surface area (Å²) in [5, 5.41) is 14.5. The van der Waals surface area contributed by atoms with Gasteiger partial charge in [0.05, 0.1) is 11.6 Å². The number of fused-ring (bicyclic) bond motifs is 2. The van der Waals surface area contributed by atoms with Gasteiger partial charge in [0.15, 0.2) is 0 Å². The molecule has 6 rings (SSSR count). The van der Waals surface area contributed by atoms with E-state index in [1.807, 2.05) is 28.7 Å². The van der Waals surface area contributed by atoms with Gasteiger partial charge >= 0.3 is 5.97 Å². The Morgan fingerprint density at radius 3 is 2.23 bits per heavy atom. The molecule has 2 heterocycles. The Hall–Kier alpha value is -5.30. The number of nitrogens with one attached hydrogen (secondary N) is 1. The minimum Gasteiger partial charge on any atom is -0.478 e. The fourth-order valence-electron chi connectivity index (χ4n) is 5.57. The summed E-state index contributed by atoms with van der Waals surface area (Å²) in [5.41, 5.74) is 4.14. The number of carboxylic acid groups (broad SMARTS) is 1. The van der Waals surface area contributed by atoms with Crippen molar-refractivity contribution in [1.29, 1.82) is 0 Å². The summed E-state index contributed by atoms with van der Waals surface area (Å²) in [4.78, 5) is 25.2. The second-order valence-electron chi connectivity index (χ2n) is 10.7. The van der Waals surface area contributed by atoms with Crippen LogP contribution in [-0.2, 0) is 0 Å². The van der Waals surface area contributed by atoms with Crippen LogP contribution in [0.3, 0.4) is 0 Å². The standard InChI is InChI=1S/C36H28F2N2O3/c1-21(26-12-9-24-5-3-4-6-27(24)17-26)33-16-14-30-18-28(31-20-29(37)13-15-32(31)38)19-34(40(30)33)35(41)39-22(2)23-7-10-25(11-8-23)36(42)43/h3-22H,1-2H3,(H,39,41)(H,42,43)/t21-,22+/m1/s1. The normalized spacial score (nSPS) is 12.7. The first-order valence-electron chi connectivity index (χ1n) is 13.9. The Bertz CT molecular complexity index is 2010. The summed E-state index contributed by atoms with van der Waals surface area (Å²) < 4.78 is 30.9. The number of benzene rings is 4. The summed E-state index contributed by atoms with van der Waals surface area (Å²) >= 11 is 0. The largest absolute Gasteiger partial charge is 0.478 e. The lowest BCUT2D eigenvalue weighted by Crippen LogP contribution is -2.29. The molecule has 2 aromatic heterocycles. The van der Waals surface area contributed by atoms with Gasteiger partial charge in [-0.15, -0.1) is 0 Å². The fraction of sp³-hybridized carbons (Fsp3) is 0.111.